The smallest absolute Gasteiger partial charge is 0.210 e. The Balaban J connectivity index is 1.32. The molecule has 0 N–H and O–H groups in total. The normalized spacial score (nSPS) is 11.1. The third-order valence-corrected chi connectivity index (χ3v) is 14.4. The van der Waals surface area contributed by atoms with Crippen LogP contribution >= 0.6 is 0 Å². The van der Waals surface area contributed by atoms with Crippen molar-refractivity contribution < 1.29 is 0 Å². The van der Waals surface area contributed by atoms with Crippen LogP contribution in [0.5, 0.6) is 0 Å². The summed E-state index contributed by atoms with van der Waals surface area (Å²) in [6.45, 7) is 15.7. The minimum Gasteiger partial charge on any atom is -0.319 e. The summed E-state index contributed by atoms with van der Waals surface area (Å²) in [5.41, 5.74) is 6.14. The molecule has 0 aliphatic rings. The van der Waals surface area contributed by atoms with E-state index in [4.69, 9.17) is 13.1 Å². The number of aromatic nitrogens is 1. The van der Waals surface area contributed by atoms with Crippen molar-refractivity contribution in [1.29, 1.82) is 5.26 Å². The van der Waals surface area contributed by atoms with Crippen LogP contribution in [0.3, 0.4) is 0 Å². The van der Waals surface area contributed by atoms with Crippen LogP contribution in [-0.2, 0) is 0 Å². The van der Waals surface area contributed by atoms with E-state index in [1.807, 2.05) is 36.4 Å². The highest BCUT2D eigenvalue weighted by molar-refractivity contribution is 7.19. The highest BCUT2D eigenvalue weighted by Crippen LogP contribution is 2.39. The molecule has 0 amide bonds. The van der Waals surface area contributed by atoms with Gasteiger partial charge in [-0.2, -0.15) is 5.26 Å². The zero-order valence-electron chi connectivity index (χ0n) is 27.0. The highest BCUT2D eigenvalue weighted by Gasteiger charge is 2.41. The summed E-state index contributed by atoms with van der Waals surface area (Å²) in [5, 5.41) is 16.7. The van der Waals surface area contributed by atoms with Crippen LogP contribution in [0.2, 0.25) is 0 Å². The molecule has 1 aromatic heterocycles. The maximum atomic E-state index is 9.66. The SMILES string of the molecule is [C-]#[N+]c1ccc2c(c1)c1cc(C#N)ccc1n2-c1cc(-c2ccc([Si](c3ccccc3)(c3ccccc3)c3ccccc3)cc2)ccc1[N+]#[C-]. The molecule has 1 heterocycles. The first kappa shape index (κ1) is 30.4. The lowest BCUT2D eigenvalue weighted by molar-refractivity contribution is 1.19. The first-order chi connectivity index (χ1) is 24.6. The summed E-state index contributed by atoms with van der Waals surface area (Å²) < 4.78 is 2.09. The van der Waals surface area contributed by atoms with Crippen molar-refractivity contribution >= 4 is 62.0 Å². The number of benzene rings is 7. The molecule has 8 aromatic rings. The van der Waals surface area contributed by atoms with Gasteiger partial charge in [-0.3, -0.25) is 0 Å². The molecule has 0 aliphatic heterocycles. The van der Waals surface area contributed by atoms with Gasteiger partial charge in [0.25, 0.3) is 0 Å². The first-order valence-electron chi connectivity index (χ1n) is 16.3. The Kier molecular flexibility index (Phi) is 7.63. The van der Waals surface area contributed by atoms with Crippen molar-refractivity contribution in [3.05, 3.63) is 198 Å². The predicted molar refractivity (Wildman–Crippen MR) is 207 cm³/mol. The molecule has 0 saturated heterocycles. The van der Waals surface area contributed by atoms with Crippen molar-refractivity contribution in [3.63, 3.8) is 0 Å². The van der Waals surface area contributed by atoms with Gasteiger partial charge in [-0.1, -0.05) is 133 Å². The lowest BCUT2D eigenvalue weighted by Crippen LogP contribution is -2.74. The molecule has 0 spiro atoms. The van der Waals surface area contributed by atoms with E-state index < -0.39 is 8.07 Å². The van der Waals surface area contributed by atoms with Crippen LogP contribution in [0, 0.1) is 24.5 Å². The Morgan fingerprint density at radius 1 is 0.500 bits per heavy atom. The second-order valence-electron chi connectivity index (χ2n) is 12.2. The fourth-order valence-electron chi connectivity index (χ4n) is 7.36. The van der Waals surface area contributed by atoms with Gasteiger partial charge < -0.3 is 4.57 Å². The van der Waals surface area contributed by atoms with Gasteiger partial charge in [0, 0.05) is 5.39 Å². The molecule has 0 aliphatic carbocycles. The van der Waals surface area contributed by atoms with Gasteiger partial charge in [-0.15, -0.1) is 0 Å². The molecule has 0 bridgehead atoms. The molecule has 4 nitrogen and oxygen atoms in total. The quantitative estimate of drug-likeness (QED) is 0.101. The number of nitriles is 1. The summed E-state index contributed by atoms with van der Waals surface area (Å²) in [6.07, 6.45) is 0. The molecule has 50 heavy (non-hydrogen) atoms. The molecule has 0 radical (unpaired) electrons. The minimum absolute atomic E-state index is 0.520. The average Bonchev–Trinajstić information content (AvgIpc) is 3.52. The zero-order valence-corrected chi connectivity index (χ0v) is 28.0. The summed E-state index contributed by atoms with van der Waals surface area (Å²) in [7, 11) is -2.66. The van der Waals surface area contributed by atoms with Gasteiger partial charge in [0.15, 0.2) is 13.8 Å². The average molecular weight is 653 g/mol. The van der Waals surface area contributed by atoms with Crippen molar-refractivity contribution in [2.45, 2.75) is 0 Å². The van der Waals surface area contributed by atoms with Crippen molar-refractivity contribution in [3.8, 4) is 22.9 Å². The van der Waals surface area contributed by atoms with Crippen molar-refractivity contribution in [2.75, 3.05) is 0 Å². The summed E-state index contributed by atoms with van der Waals surface area (Å²) in [6, 6.07) is 61.1. The molecule has 8 rings (SSSR count). The van der Waals surface area contributed by atoms with Crippen LogP contribution in [0.15, 0.2) is 170 Å². The Morgan fingerprint density at radius 3 is 1.56 bits per heavy atom. The predicted octanol–water partition coefficient (Wildman–Crippen LogP) is 8.80. The first-order valence-corrected chi connectivity index (χ1v) is 18.3. The largest absolute Gasteiger partial charge is 0.319 e. The molecule has 232 valence electrons. The second kappa shape index (κ2) is 12.6. The maximum absolute atomic E-state index is 9.66. The van der Waals surface area contributed by atoms with E-state index in [0.29, 0.717) is 16.9 Å². The van der Waals surface area contributed by atoms with Crippen molar-refractivity contribution in [1.82, 2.24) is 4.57 Å². The van der Waals surface area contributed by atoms with Gasteiger partial charge in [0.1, 0.15) is 0 Å². The van der Waals surface area contributed by atoms with Crippen LogP contribution in [0.25, 0.3) is 48.3 Å². The van der Waals surface area contributed by atoms with E-state index in [-0.39, 0.29) is 0 Å². The summed E-state index contributed by atoms with van der Waals surface area (Å²) in [4.78, 5) is 7.58. The summed E-state index contributed by atoms with van der Waals surface area (Å²) in [5.74, 6) is 0. The van der Waals surface area contributed by atoms with E-state index in [1.165, 1.54) is 20.7 Å². The molecule has 0 atom stereocenters. The van der Waals surface area contributed by atoms with Gasteiger partial charge in [-0.25, -0.2) is 9.69 Å². The van der Waals surface area contributed by atoms with Gasteiger partial charge >= 0.3 is 0 Å². The Bertz CT molecular complexity index is 2490. The van der Waals surface area contributed by atoms with Crippen LogP contribution in [0.1, 0.15) is 5.56 Å². The third-order valence-electron chi connectivity index (χ3n) is 9.62. The Hall–Kier alpha value is -6.97. The van der Waals surface area contributed by atoms with Crippen LogP contribution < -0.4 is 20.7 Å². The standard InChI is InChI=1S/C45H28N4Si/c1-47-35-22-27-44-41(30-35)40-28-32(31-46)18-26-43(40)49(44)45-29-34(21-25-42(45)48-2)33-19-23-39(24-20-33)50(36-12-6-3-7-13-36,37-14-8-4-9-15-37)38-16-10-5-11-17-38/h3-30H. The number of hydrogen-bond donors (Lipinski definition) is 0. The van der Waals surface area contributed by atoms with E-state index in [9.17, 15) is 5.26 Å². The molecule has 5 heteroatoms. The monoisotopic (exact) mass is 652 g/mol. The number of fused-ring (bicyclic) bond motifs is 3. The summed E-state index contributed by atoms with van der Waals surface area (Å²) >= 11 is 0. The fraction of sp³-hybridized carbons (Fsp3) is 0. The van der Waals surface area contributed by atoms with E-state index in [1.54, 1.807) is 12.1 Å². The lowest BCUT2D eigenvalue weighted by Gasteiger charge is -2.34. The van der Waals surface area contributed by atoms with E-state index in [0.717, 1.165) is 38.6 Å². The minimum atomic E-state index is -2.66. The highest BCUT2D eigenvalue weighted by atomic mass is 28.3. The molecular formula is C45H28N4Si. The van der Waals surface area contributed by atoms with E-state index in [2.05, 4.69) is 142 Å². The molecule has 0 fully saturated rings. The third kappa shape index (κ3) is 4.88. The van der Waals surface area contributed by atoms with Crippen LogP contribution in [-0.4, -0.2) is 12.6 Å². The number of rotatable bonds is 6. The molecule has 7 aromatic carbocycles. The molecule has 0 saturated carbocycles. The van der Waals surface area contributed by atoms with Crippen LogP contribution in [0.4, 0.5) is 11.4 Å². The zero-order chi connectivity index (χ0) is 34.1. The van der Waals surface area contributed by atoms with Gasteiger partial charge in [0.2, 0.25) is 5.69 Å². The second-order valence-corrected chi connectivity index (χ2v) is 16.0. The van der Waals surface area contributed by atoms with Gasteiger partial charge in [0.05, 0.1) is 41.5 Å². The fourth-order valence-corrected chi connectivity index (χ4v) is 12.1. The molecule has 0 unspecified atom stereocenters. The Labute approximate surface area is 292 Å². The number of nitrogens with zero attached hydrogens (tertiary/aromatic N) is 4. The lowest BCUT2D eigenvalue weighted by atomic mass is 10.0. The van der Waals surface area contributed by atoms with E-state index >= 15 is 0 Å². The Morgan fingerprint density at radius 2 is 1.02 bits per heavy atom. The molecular weight excluding hydrogens is 625 g/mol. The van der Waals surface area contributed by atoms with Crippen molar-refractivity contribution in [2.24, 2.45) is 0 Å². The maximum Gasteiger partial charge on any atom is 0.210 e. The number of hydrogen-bond acceptors (Lipinski definition) is 1. The van der Waals surface area contributed by atoms with Gasteiger partial charge in [-0.05, 0) is 73.7 Å². The topological polar surface area (TPSA) is 37.4 Å².